The highest BCUT2D eigenvalue weighted by Gasteiger charge is 2.26. The topological polar surface area (TPSA) is 94.5 Å². The van der Waals surface area contributed by atoms with Crippen molar-refractivity contribution in [2.24, 2.45) is 5.73 Å². The number of nitrogens with two attached hydrogens (primary N) is 2. The number of nitrogen functional groups attached to an aromatic ring is 1. The van der Waals surface area contributed by atoms with E-state index in [4.69, 9.17) is 16.2 Å². The zero-order valence-electron chi connectivity index (χ0n) is 10.4. The second-order valence-corrected chi connectivity index (χ2v) is 4.33. The van der Waals surface area contributed by atoms with E-state index in [1.165, 1.54) is 0 Å². The lowest BCUT2D eigenvalue weighted by Crippen LogP contribution is -2.46. The molecule has 2 rings (SSSR count). The highest BCUT2D eigenvalue weighted by atomic mass is 16.5. The fourth-order valence-corrected chi connectivity index (χ4v) is 2.16. The van der Waals surface area contributed by atoms with Crippen molar-refractivity contribution in [3.63, 3.8) is 0 Å². The van der Waals surface area contributed by atoms with E-state index in [-0.39, 0.29) is 6.04 Å². The molecule has 0 saturated carbocycles. The summed E-state index contributed by atoms with van der Waals surface area (Å²) < 4.78 is 5.44. The normalized spacial score (nSPS) is 19.8. The van der Waals surface area contributed by atoms with E-state index in [9.17, 15) is 4.79 Å². The molecule has 0 bridgehead atoms. The first-order valence-corrected chi connectivity index (χ1v) is 6.03. The quantitative estimate of drug-likeness (QED) is 0.808. The molecule has 1 unspecified atom stereocenters. The molecule has 1 atom stereocenters. The van der Waals surface area contributed by atoms with Crippen molar-refractivity contribution in [1.29, 1.82) is 0 Å². The highest BCUT2D eigenvalue weighted by Crippen LogP contribution is 2.24. The maximum Gasteiger partial charge on any atom is 0.252 e. The van der Waals surface area contributed by atoms with Crippen LogP contribution in [0.15, 0.2) is 12.3 Å². The van der Waals surface area contributed by atoms with Crippen molar-refractivity contribution in [2.75, 3.05) is 30.4 Å². The number of pyridine rings is 1. The number of rotatable bonds is 3. The SMILES string of the molecule is CCC1COCCN1c1ncc(N)cc1C(N)=O. The summed E-state index contributed by atoms with van der Waals surface area (Å²) in [6.07, 6.45) is 2.47. The van der Waals surface area contributed by atoms with Crippen molar-refractivity contribution < 1.29 is 9.53 Å². The van der Waals surface area contributed by atoms with Gasteiger partial charge in [0.2, 0.25) is 0 Å². The van der Waals surface area contributed by atoms with E-state index in [1.54, 1.807) is 12.3 Å². The van der Waals surface area contributed by atoms with Crippen molar-refractivity contribution in [3.05, 3.63) is 17.8 Å². The van der Waals surface area contributed by atoms with Gasteiger partial charge in [0, 0.05) is 6.54 Å². The first kappa shape index (κ1) is 12.6. The van der Waals surface area contributed by atoms with Gasteiger partial charge in [-0.15, -0.1) is 0 Å². The van der Waals surface area contributed by atoms with E-state index in [0.29, 0.717) is 36.8 Å². The van der Waals surface area contributed by atoms with Gasteiger partial charge >= 0.3 is 0 Å². The van der Waals surface area contributed by atoms with Crippen molar-refractivity contribution in [3.8, 4) is 0 Å². The van der Waals surface area contributed by atoms with Gasteiger partial charge < -0.3 is 21.1 Å². The summed E-state index contributed by atoms with van der Waals surface area (Å²) in [6.45, 7) is 4.05. The fraction of sp³-hybridized carbons (Fsp3) is 0.500. The highest BCUT2D eigenvalue weighted by molar-refractivity contribution is 5.98. The Kier molecular flexibility index (Phi) is 3.66. The Morgan fingerprint density at radius 1 is 1.67 bits per heavy atom. The lowest BCUT2D eigenvalue weighted by molar-refractivity contribution is 0.0917. The Labute approximate surface area is 106 Å². The van der Waals surface area contributed by atoms with Crippen molar-refractivity contribution >= 4 is 17.4 Å². The van der Waals surface area contributed by atoms with Gasteiger partial charge in [0.1, 0.15) is 5.82 Å². The van der Waals surface area contributed by atoms with Crippen LogP contribution in [0.3, 0.4) is 0 Å². The average molecular weight is 250 g/mol. The van der Waals surface area contributed by atoms with Crippen LogP contribution < -0.4 is 16.4 Å². The van der Waals surface area contributed by atoms with Crippen LogP contribution >= 0.6 is 0 Å². The molecule has 6 heteroatoms. The summed E-state index contributed by atoms with van der Waals surface area (Å²) in [5.41, 5.74) is 11.8. The molecule has 1 aromatic rings. The van der Waals surface area contributed by atoms with Crippen LogP contribution in [0.2, 0.25) is 0 Å². The largest absolute Gasteiger partial charge is 0.397 e. The molecule has 1 aliphatic rings. The second kappa shape index (κ2) is 5.22. The molecular weight excluding hydrogens is 232 g/mol. The predicted molar refractivity (Wildman–Crippen MR) is 69.4 cm³/mol. The van der Waals surface area contributed by atoms with Crippen molar-refractivity contribution in [1.82, 2.24) is 4.98 Å². The molecular formula is C12H18N4O2. The minimum atomic E-state index is -0.508. The van der Waals surface area contributed by atoms with E-state index >= 15 is 0 Å². The molecule has 0 aliphatic carbocycles. The number of nitrogens with zero attached hydrogens (tertiary/aromatic N) is 2. The summed E-state index contributed by atoms with van der Waals surface area (Å²) in [7, 11) is 0. The molecule has 98 valence electrons. The third-order valence-electron chi connectivity index (χ3n) is 3.12. The Morgan fingerprint density at radius 3 is 3.11 bits per heavy atom. The molecule has 1 amide bonds. The van der Waals surface area contributed by atoms with Crippen LogP contribution in [0.5, 0.6) is 0 Å². The van der Waals surface area contributed by atoms with E-state index in [2.05, 4.69) is 16.8 Å². The number of carbonyl (C=O) groups is 1. The zero-order chi connectivity index (χ0) is 13.1. The molecule has 6 nitrogen and oxygen atoms in total. The van der Waals surface area contributed by atoms with Crippen LogP contribution in [0.1, 0.15) is 23.7 Å². The summed E-state index contributed by atoms with van der Waals surface area (Å²) in [4.78, 5) is 17.8. The van der Waals surface area contributed by atoms with Crippen LogP contribution in [0, 0.1) is 0 Å². The van der Waals surface area contributed by atoms with Gasteiger partial charge in [-0.05, 0) is 12.5 Å². The maximum atomic E-state index is 11.5. The summed E-state index contributed by atoms with van der Waals surface area (Å²) >= 11 is 0. The van der Waals surface area contributed by atoms with Gasteiger partial charge in [0.05, 0.1) is 36.7 Å². The number of aromatic nitrogens is 1. The number of morpholine rings is 1. The van der Waals surface area contributed by atoms with Crippen LogP contribution in [0.4, 0.5) is 11.5 Å². The summed E-state index contributed by atoms with van der Waals surface area (Å²) in [6, 6.07) is 1.79. The fourth-order valence-electron chi connectivity index (χ4n) is 2.16. The van der Waals surface area contributed by atoms with E-state index in [1.807, 2.05) is 0 Å². The molecule has 18 heavy (non-hydrogen) atoms. The molecule has 2 heterocycles. The first-order chi connectivity index (χ1) is 8.63. The third-order valence-corrected chi connectivity index (χ3v) is 3.12. The number of hydrogen-bond acceptors (Lipinski definition) is 5. The minimum Gasteiger partial charge on any atom is -0.397 e. The molecule has 0 spiro atoms. The van der Waals surface area contributed by atoms with E-state index < -0.39 is 5.91 Å². The Morgan fingerprint density at radius 2 is 2.44 bits per heavy atom. The minimum absolute atomic E-state index is 0.216. The molecule has 1 saturated heterocycles. The number of anilines is 2. The Hall–Kier alpha value is -1.82. The van der Waals surface area contributed by atoms with Gasteiger partial charge in [0.15, 0.2) is 0 Å². The lowest BCUT2D eigenvalue weighted by Gasteiger charge is -2.36. The van der Waals surface area contributed by atoms with E-state index in [0.717, 1.165) is 6.42 Å². The number of ether oxygens (including phenoxy) is 1. The third kappa shape index (κ3) is 2.38. The maximum absolute atomic E-state index is 11.5. The average Bonchev–Trinajstić information content (AvgIpc) is 2.38. The Balaban J connectivity index is 2.39. The smallest absolute Gasteiger partial charge is 0.252 e. The number of amides is 1. The standard InChI is InChI=1S/C12H18N4O2/c1-2-9-7-18-4-3-16(9)12-10(11(14)17)5-8(13)6-15-12/h5-6,9H,2-4,7,13H2,1H3,(H2,14,17). The first-order valence-electron chi connectivity index (χ1n) is 6.03. The number of primary amides is 1. The molecule has 1 aliphatic heterocycles. The van der Waals surface area contributed by atoms with Gasteiger partial charge in [0.25, 0.3) is 5.91 Å². The zero-order valence-corrected chi connectivity index (χ0v) is 10.4. The molecule has 1 fully saturated rings. The number of hydrogen-bond donors (Lipinski definition) is 2. The predicted octanol–water partition coefficient (Wildman–Crippen LogP) is 0.378. The molecule has 1 aromatic heterocycles. The van der Waals surface area contributed by atoms with Crippen molar-refractivity contribution in [2.45, 2.75) is 19.4 Å². The summed E-state index contributed by atoms with van der Waals surface area (Å²) in [5, 5.41) is 0. The van der Waals surface area contributed by atoms with Crippen LogP contribution in [-0.2, 0) is 4.74 Å². The van der Waals surface area contributed by atoms with Gasteiger partial charge in [-0.1, -0.05) is 6.92 Å². The van der Waals surface area contributed by atoms with Crippen LogP contribution in [0.25, 0.3) is 0 Å². The Bertz CT molecular complexity index is 450. The second-order valence-electron chi connectivity index (χ2n) is 4.33. The molecule has 0 aromatic carbocycles. The monoisotopic (exact) mass is 250 g/mol. The van der Waals surface area contributed by atoms with Gasteiger partial charge in [-0.3, -0.25) is 4.79 Å². The lowest BCUT2D eigenvalue weighted by atomic mass is 10.1. The van der Waals surface area contributed by atoms with Gasteiger partial charge in [-0.2, -0.15) is 0 Å². The molecule has 4 N–H and O–H groups in total. The molecule has 0 radical (unpaired) electrons. The van der Waals surface area contributed by atoms with Gasteiger partial charge in [-0.25, -0.2) is 4.98 Å². The summed E-state index contributed by atoms with van der Waals surface area (Å²) in [5.74, 6) is 0.0954. The van der Waals surface area contributed by atoms with Crippen LogP contribution in [-0.4, -0.2) is 36.7 Å². The number of carbonyl (C=O) groups excluding carboxylic acids is 1.